The molecule has 0 aliphatic carbocycles. The highest BCUT2D eigenvalue weighted by atomic mass is 16.5. The van der Waals surface area contributed by atoms with E-state index in [1.165, 1.54) is 5.56 Å². The van der Waals surface area contributed by atoms with Gasteiger partial charge in [0.15, 0.2) is 5.84 Å². The fourth-order valence-corrected chi connectivity index (χ4v) is 2.47. The number of hydrogen-bond acceptors (Lipinski definition) is 5. The largest absolute Gasteiger partial charge is 0.409 e. The predicted molar refractivity (Wildman–Crippen MR) is 82.6 cm³/mol. The topological polar surface area (TPSA) is 83.1 Å². The normalized spacial score (nSPS) is 20.7. The summed E-state index contributed by atoms with van der Waals surface area (Å²) in [6.45, 7) is 6.42. The fourth-order valence-electron chi connectivity index (χ4n) is 2.47. The van der Waals surface area contributed by atoms with Gasteiger partial charge >= 0.3 is 0 Å². The summed E-state index contributed by atoms with van der Waals surface area (Å²) < 4.78 is 5.72. The molecule has 116 valence electrons. The van der Waals surface area contributed by atoms with Gasteiger partial charge in [0, 0.05) is 31.7 Å². The Balaban J connectivity index is 1.86. The maximum Gasteiger partial charge on any atom is 0.170 e. The van der Waals surface area contributed by atoms with Gasteiger partial charge in [-0.05, 0) is 31.2 Å². The average Bonchev–Trinajstić information content (AvgIpc) is 2.48. The van der Waals surface area contributed by atoms with E-state index in [-0.39, 0.29) is 11.9 Å². The molecule has 1 heterocycles. The summed E-state index contributed by atoms with van der Waals surface area (Å²) in [7, 11) is 2.12. The third kappa shape index (κ3) is 4.42. The van der Waals surface area contributed by atoms with Gasteiger partial charge in [-0.3, -0.25) is 0 Å². The molecule has 0 spiro atoms. The molecule has 0 bridgehead atoms. The maximum atomic E-state index is 8.69. The number of morpholine rings is 1. The third-order valence-electron chi connectivity index (χ3n) is 3.78. The van der Waals surface area contributed by atoms with E-state index in [0.29, 0.717) is 0 Å². The minimum atomic E-state index is 0.135. The van der Waals surface area contributed by atoms with Crippen LogP contribution in [0.4, 0.5) is 0 Å². The molecular formula is C15H24N4O2. The Morgan fingerprint density at radius 2 is 2.38 bits per heavy atom. The molecule has 0 amide bonds. The van der Waals surface area contributed by atoms with Gasteiger partial charge in [0.2, 0.25) is 0 Å². The first-order valence-electron chi connectivity index (χ1n) is 7.18. The van der Waals surface area contributed by atoms with Crippen LogP contribution in [0.2, 0.25) is 0 Å². The highest BCUT2D eigenvalue weighted by Crippen LogP contribution is 2.11. The highest BCUT2D eigenvalue weighted by Gasteiger charge is 2.16. The Morgan fingerprint density at radius 1 is 1.57 bits per heavy atom. The van der Waals surface area contributed by atoms with Gasteiger partial charge in [0.1, 0.15) is 0 Å². The van der Waals surface area contributed by atoms with Crippen molar-refractivity contribution < 1.29 is 9.94 Å². The number of nitrogens with zero attached hydrogens (tertiary/aromatic N) is 2. The van der Waals surface area contributed by atoms with Crippen molar-refractivity contribution in [2.75, 3.05) is 33.3 Å². The lowest BCUT2D eigenvalue weighted by Crippen LogP contribution is -2.44. The summed E-state index contributed by atoms with van der Waals surface area (Å²) in [6.07, 6.45) is 0.250. The van der Waals surface area contributed by atoms with Gasteiger partial charge in [-0.25, -0.2) is 0 Å². The van der Waals surface area contributed by atoms with Crippen molar-refractivity contribution in [1.82, 2.24) is 10.2 Å². The van der Waals surface area contributed by atoms with Crippen LogP contribution >= 0.6 is 0 Å². The fraction of sp³-hybridized carbons (Fsp3) is 0.533. The molecule has 1 aliphatic heterocycles. The summed E-state index contributed by atoms with van der Waals surface area (Å²) in [5.41, 5.74) is 8.64. The number of aryl methyl sites for hydroxylation is 1. The Hall–Kier alpha value is -1.63. The Kier molecular flexibility index (Phi) is 5.55. The molecule has 2 rings (SSSR count). The van der Waals surface area contributed by atoms with Gasteiger partial charge in [-0.2, -0.15) is 0 Å². The van der Waals surface area contributed by atoms with Crippen molar-refractivity contribution in [3.63, 3.8) is 0 Å². The van der Waals surface area contributed by atoms with Crippen molar-refractivity contribution in [2.24, 2.45) is 10.9 Å². The number of nitrogens with one attached hydrogen (secondary N) is 1. The summed E-state index contributed by atoms with van der Waals surface area (Å²) >= 11 is 0. The van der Waals surface area contributed by atoms with E-state index >= 15 is 0 Å². The smallest absolute Gasteiger partial charge is 0.170 e. The lowest BCUT2D eigenvalue weighted by Gasteiger charge is -2.30. The molecule has 0 aromatic heterocycles. The van der Waals surface area contributed by atoms with Crippen LogP contribution in [0.5, 0.6) is 0 Å². The second-order valence-electron chi connectivity index (χ2n) is 5.51. The van der Waals surface area contributed by atoms with E-state index in [9.17, 15) is 0 Å². The molecule has 1 unspecified atom stereocenters. The summed E-state index contributed by atoms with van der Waals surface area (Å²) in [6, 6.07) is 5.80. The molecular weight excluding hydrogens is 268 g/mol. The van der Waals surface area contributed by atoms with Crippen molar-refractivity contribution in [3.05, 3.63) is 34.9 Å². The molecule has 6 heteroatoms. The molecule has 0 radical (unpaired) electrons. The first-order valence-corrected chi connectivity index (χ1v) is 7.18. The van der Waals surface area contributed by atoms with E-state index in [1.54, 1.807) is 0 Å². The van der Waals surface area contributed by atoms with Gasteiger partial charge in [0.25, 0.3) is 0 Å². The van der Waals surface area contributed by atoms with E-state index in [1.807, 2.05) is 25.1 Å². The lowest BCUT2D eigenvalue weighted by molar-refractivity contribution is -0.0182. The third-order valence-corrected chi connectivity index (χ3v) is 3.78. The van der Waals surface area contributed by atoms with Crippen LogP contribution in [0.15, 0.2) is 23.4 Å². The Bertz CT molecular complexity index is 504. The predicted octanol–water partition coefficient (Wildman–Crippen LogP) is 0.510. The van der Waals surface area contributed by atoms with E-state index in [0.717, 1.165) is 43.9 Å². The zero-order chi connectivity index (χ0) is 15.2. The standard InChI is InChI=1S/C15H24N4O2/c1-11-7-12(15(16)18-20)3-4-13(11)8-17-9-14-10-19(2)5-6-21-14/h3-4,7,14,17,20H,5-6,8-10H2,1-2H3,(H2,16,18). The number of oxime groups is 1. The first-order chi connectivity index (χ1) is 10.1. The second-order valence-corrected chi connectivity index (χ2v) is 5.51. The van der Waals surface area contributed by atoms with Crippen LogP contribution in [0.25, 0.3) is 0 Å². The van der Waals surface area contributed by atoms with Crippen molar-refractivity contribution in [1.29, 1.82) is 0 Å². The summed E-state index contributed by atoms with van der Waals surface area (Å²) in [5, 5.41) is 15.1. The van der Waals surface area contributed by atoms with E-state index in [2.05, 4.69) is 22.4 Å². The highest BCUT2D eigenvalue weighted by molar-refractivity contribution is 5.97. The SMILES string of the molecule is Cc1cc(/C(N)=N/O)ccc1CNCC1CN(C)CCO1. The van der Waals surface area contributed by atoms with Gasteiger partial charge in [-0.1, -0.05) is 17.3 Å². The minimum absolute atomic E-state index is 0.135. The van der Waals surface area contributed by atoms with Crippen molar-refractivity contribution in [2.45, 2.75) is 19.6 Å². The molecule has 1 saturated heterocycles. The van der Waals surface area contributed by atoms with Crippen molar-refractivity contribution >= 4 is 5.84 Å². The van der Waals surface area contributed by atoms with Gasteiger partial charge in [-0.15, -0.1) is 0 Å². The molecule has 0 saturated carbocycles. The zero-order valence-corrected chi connectivity index (χ0v) is 12.7. The second kappa shape index (κ2) is 7.40. The molecule has 1 aromatic rings. The van der Waals surface area contributed by atoms with Gasteiger partial charge in [0.05, 0.1) is 12.7 Å². The molecule has 1 aromatic carbocycles. The van der Waals surface area contributed by atoms with Crippen LogP contribution in [-0.2, 0) is 11.3 Å². The number of hydrogen-bond donors (Lipinski definition) is 3. The molecule has 4 N–H and O–H groups in total. The zero-order valence-electron chi connectivity index (χ0n) is 12.7. The maximum absolute atomic E-state index is 8.69. The molecule has 21 heavy (non-hydrogen) atoms. The molecule has 1 fully saturated rings. The summed E-state index contributed by atoms with van der Waals surface area (Å²) in [4.78, 5) is 2.28. The number of benzene rings is 1. The molecule has 1 aliphatic rings. The van der Waals surface area contributed by atoms with Crippen LogP contribution < -0.4 is 11.1 Å². The molecule has 1 atom stereocenters. The van der Waals surface area contributed by atoms with Crippen LogP contribution in [0.3, 0.4) is 0 Å². The number of amidine groups is 1. The Morgan fingerprint density at radius 3 is 3.05 bits per heavy atom. The van der Waals surface area contributed by atoms with Crippen LogP contribution in [0, 0.1) is 6.92 Å². The van der Waals surface area contributed by atoms with E-state index in [4.69, 9.17) is 15.7 Å². The average molecular weight is 292 g/mol. The van der Waals surface area contributed by atoms with Crippen LogP contribution in [-0.4, -0.2) is 55.3 Å². The number of likely N-dealkylation sites (N-methyl/N-ethyl adjacent to an activating group) is 1. The van der Waals surface area contributed by atoms with Gasteiger partial charge < -0.3 is 25.9 Å². The first kappa shape index (κ1) is 15.8. The number of rotatable bonds is 5. The van der Waals surface area contributed by atoms with E-state index < -0.39 is 0 Å². The number of nitrogens with two attached hydrogens (primary N) is 1. The minimum Gasteiger partial charge on any atom is -0.409 e. The molecule has 6 nitrogen and oxygen atoms in total. The monoisotopic (exact) mass is 292 g/mol. The summed E-state index contributed by atoms with van der Waals surface area (Å²) in [5.74, 6) is 0.135. The quantitative estimate of drug-likeness (QED) is 0.319. The van der Waals surface area contributed by atoms with Crippen LogP contribution in [0.1, 0.15) is 16.7 Å². The lowest BCUT2D eigenvalue weighted by atomic mass is 10.0. The van der Waals surface area contributed by atoms with Crippen molar-refractivity contribution in [3.8, 4) is 0 Å². The Labute approximate surface area is 125 Å². The number of ether oxygens (including phenoxy) is 1.